The van der Waals surface area contributed by atoms with Crippen LogP contribution in [0.4, 0.5) is 5.82 Å². The van der Waals surface area contributed by atoms with E-state index >= 15 is 0 Å². The number of ether oxygens (including phenoxy) is 1. The lowest BCUT2D eigenvalue weighted by atomic mass is 10.2. The summed E-state index contributed by atoms with van der Waals surface area (Å²) in [5.41, 5.74) is 3.58. The van der Waals surface area contributed by atoms with Gasteiger partial charge in [-0.05, 0) is 18.6 Å². The lowest BCUT2D eigenvalue weighted by Gasteiger charge is -2.11. The molecule has 19 heavy (non-hydrogen) atoms. The Hall–Kier alpha value is -2.14. The summed E-state index contributed by atoms with van der Waals surface area (Å²) in [5.74, 6) is 8.12. The molecule has 1 heterocycles. The molecule has 0 atom stereocenters. The first-order valence-corrected chi connectivity index (χ1v) is 6.19. The molecule has 0 saturated carbocycles. The highest BCUT2D eigenvalue weighted by Crippen LogP contribution is 2.25. The minimum atomic E-state index is 0.201. The maximum Gasteiger partial charge on any atom is 0.224 e. The predicted octanol–water partition coefficient (Wildman–Crippen LogP) is 2.99. The molecule has 0 fully saturated rings. The van der Waals surface area contributed by atoms with Gasteiger partial charge in [-0.1, -0.05) is 32.0 Å². The van der Waals surface area contributed by atoms with Gasteiger partial charge in [0.15, 0.2) is 0 Å². The molecule has 0 aliphatic carbocycles. The van der Waals surface area contributed by atoms with E-state index in [1.165, 1.54) is 0 Å². The van der Waals surface area contributed by atoms with Gasteiger partial charge in [0.1, 0.15) is 17.4 Å². The van der Waals surface area contributed by atoms with Gasteiger partial charge in [-0.2, -0.15) is 4.98 Å². The summed E-state index contributed by atoms with van der Waals surface area (Å²) < 4.78 is 5.80. The molecule has 100 valence electrons. The van der Waals surface area contributed by atoms with E-state index < -0.39 is 0 Å². The van der Waals surface area contributed by atoms with Crippen LogP contribution in [0.15, 0.2) is 30.3 Å². The molecule has 2 aromatic rings. The zero-order valence-corrected chi connectivity index (χ0v) is 11.3. The number of nitrogens with one attached hydrogen (secondary N) is 1. The summed E-state index contributed by atoms with van der Waals surface area (Å²) in [6, 6.07) is 9.46. The second-order valence-electron chi connectivity index (χ2n) is 4.62. The SMILES string of the molecule is Cc1ccccc1Oc1cc(NN)nc(C(C)C)n1. The molecule has 5 nitrogen and oxygen atoms in total. The Morgan fingerprint density at radius 3 is 2.58 bits per heavy atom. The van der Waals surface area contributed by atoms with Gasteiger partial charge in [0.2, 0.25) is 5.88 Å². The minimum Gasteiger partial charge on any atom is -0.439 e. The first kappa shape index (κ1) is 13.3. The smallest absolute Gasteiger partial charge is 0.224 e. The van der Waals surface area contributed by atoms with Crippen molar-refractivity contribution in [1.82, 2.24) is 9.97 Å². The number of rotatable bonds is 4. The third-order valence-corrected chi connectivity index (χ3v) is 2.69. The van der Waals surface area contributed by atoms with Crippen molar-refractivity contribution in [1.29, 1.82) is 0 Å². The standard InChI is InChI=1S/C14H18N4O/c1-9(2)14-16-12(18-15)8-13(17-14)19-11-7-5-4-6-10(11)3/h4-9H,15H2,1-3H3,(H,16,17,18). The highest BCUT2D eigenvalue weighted by atomic mass is 16.5. The van der Waals surface area contributed by atoms with Crippen LogP contribution in [-0.2, 0) is 0 Å². The fourth-order valence-corrected chi connectivity index (χ4v) is 1.61. The van der Waals surface area contributed by atoms with Crippen LogP contribution in [0.25, 0.3) is 0 Å². The van der Waals surface area contributed by atoms with Crippen molar-refractivity contribution in [2.45, 2.75) is 26.7 Å². The number of anilines is 1. The molecule has 0 unspecified atom stereocenters. The van der Waals surface area contributed by atoms with Gasteiger partial charge in [0, 0.05) is 12.0 Å². The van der Waals surface area contributed by atoms with Gasteiger partial charge >= 0.3 is 0 Å². The molecule has 1 aromatic heterocycles. The van der Waals surface area contributed by atoms with E-state index in [2.05, 4.69) is 15.4 Å². The normalized spacial score (nSPS) is 10.6. The van der Waals surface area contributed by atoms with Gasteiger partial charge in [0.25, 0.3) is 0 Å². The number of nitrogens with zero attached hydrogens (tertiary/aromatic N) is 2. The fourth-order valence-electron chi connectivity index (χ4n) is 1.61. The Balaban J connectivity index is 2.34. The first-order valence-electron chi connectivity index (χ1n) is 6.19. The number of hydrogen-bond donors (Lipinski definition) is 2. The summed E-state index contributed by atoms with van der Waals surface area (Å²) in [5, 5.41) is 0. The van der Waals surface area contributed by atoms with E-state index in [0.29, 0.717) is 17.5 Å². The van der Waals surface area contributed by atoms with E-state index in [9.17, 15) is 0 Å². The van der Waals surface area contributed by atoms with Crippen LogP contribution in [0.1, 0.15) is 31.2 Å². The van der Waals surface area contributed by atoms with Crippen molar-refractivity contribution in [2.24, 2.45) is 5.84 Å². The summed E-state index contributed by atoms with van der Waals surface area (Å²) in [6.45, 7) is 6.03. The molecule has 0 radical (unpaired) electrons. The highest BCUT2D eigenvalue weighted by molar-refractivity contribution is 5.41. The Kier molecular flexibility index (Phi) is 3.97. The van der Waals surface area contributed by atoms with E-state index in [-0.39, 0.29) is 5.92 Å². The number of aryl methyl sites for hydroxylation is 1. The lowest BCUT2D eigenvalue weighted by Crippen LogP contribution is -2.11. The summed E-state index contributed by atoms with van der Waals surface area (Å²) >= 11 is 0. The van der Waals surface area contributed by atoms with Gasteiger partial charge in [-0.25, -0.2) is 10.8 Å². The van der Waals surface area contributed by atoms with Crippen molar-refractivity contribution in [3.8, 4) is 11.6 Å². The van der Waals surface area contributed by atoms with E-state index in [1.54, 1.807) is 6.07 Å². The quantitative estimate of drug-likeness (QED) is 0.651. The van der Waals surface area contributed by atoms with Crippen LogP contribution in [0.3, 0.4) is 0 Å². The molecular weight excluding hydrogens is 240 g/mol. The molecule has 0 amide bonds. The Morgan fingerprint density at radius 1 is 1.21 bits per heavy atom. The molecule has 2 rings (SSSR count). The van der Waals surface area contributed by atoms with Crippen LogP contribution in [-0.4, -0.2) is 9.97 Å². The first-order chi connectivity index (χ1) is 9.10. The molecule has 5 heteroatoms. The summed E-state index contributed by atoms with van der Waals surface area (Å²) in [6.07, 6.45) is 0. The third kappa shape index (κ3) is 3.20. The number of hydrazine groups is 1. The van der Waals surface area contributed by atoms with Crippen molar-refractivity contribution >= 4 is 5.82 Å². The average molecular weight is 258 g/mol. The number of nitrogens with two attached hydrogens (primary N) is 1. The zero-order valence-electron chi connectivity index (χ0n) is 11.3. The number of benzene rings is 1. The molecular formula is C14H18N4O. The average Bonchev–Trinajstić information content (AvgIpc) is 2.41. The van der Waals surface area contributed by atoms with E-state index in [0.717, 1.165) is 11.3 Å². The van der Waals surface area contributed by atoms with Crippen molar-refractivity contribution in [3.63, 3.8) is 0 Å². The second kappa shape index (κ2) is 5.67. The largest absolute Gasteiger partial charge is 0.439 e. The number of aromatic nitrogens is 2. The molecule has 0 saturated heterocycles. The maximum absolute atomic E-state index is 5.80. The Bertz CT molecular complexity index is 569. The third-order valence-electron chi connectivity index (χ3n) is 2.69. The Labute approximate surface area is 112 Å². The highest BCUT2D eigenvalue weighted by Gasteiger charge is 2.09. The summed E-state index contributed by atoms with van der Waals surface area (Å²) in [4.78, 5) is 8.68. The van der Waals surface area contributed by atoms with E-state index in [4.69, 9.17) is 10.6 Å². The molecule has 1 aromatic carbocycles. The van der Waals surface area contributed by atoms with Crippen LogP contribution >= 0.6 is 0 Å². The van der Waals surface area contributed by atoms with E-state index in [1.807, 2.05) is 45.0 Å². The lowest BCUT2D eigenvalue weighted by molar-refractivity contribution is 0.454. The van der Waals surface area contributed by atoms with Crippen LogP contribution in [0.2, 0.25) is 0 Å². The molecule has 0 spiro atoms. The van der Waals surface area contributed by atoms with Gasteiger partial charge in [0.05, 0.1) is 0 Å². The van der Waals surface area contributed by atoms with Gasteiger partial charge in [-0.3, -0.25) is 0 Å². The number of hydrogen-bond acceptors (Lipinski definition) is 5. The number of para-hydroxylation sites is 1. The summed E-state index contributed by atoms with van der Waals surface area (Å²) in [7, 11) is 0. The molecule has 3 N–H and O–H groups in total. The molecule has 0 aliphatic rings. The van der Waals surface area contributed by atoms with Gasteiger partial charge in [-0.15, -0.1) is 0 Å². The second-order valence-corrected chi connectivity index (χ2v) is 4.62. The van der Waals surface area contributed by atoms with Crippen LogP contribution in [0, 0.1) is 6.92 Å². The van der Waals surface area contributed by atoms with Crippen LogP contribution < -0.4 is 16.0 Å². The zero-order chi connectivity index (χ0) is 13.8. The van der Waals surface area contributed by atoms with Crippen molar-refractivity contribution in [3.05, 3.63) is 41.7 Å². The minimum absolute atomic E-state index is 0.201. The number of nitrogen functional groups attached to an aromatic ring is 1. The Morgan fingerprint density at radius 2 is 1.95 bits per heavy atom. The topological polar surface area (TPSA) is 73.1 Å². The monoisotopic (exact) mass is 258 g/mol. The van der Waals surface area contributed by atoms with Crippen LogP contribution in [0.5, 0.6) is 11.6 Å². The molecule has 0 bridgehead atoms. The van der Waals surface area contributed by atoms with Crippen molar-refractivity contribution < 1.29 is 4.74 Å². The predicted molar refractivity (Wildman–Crippen MR) is 75.2 cm³/mol. The fraction of sp³-hybridized carbons (Fsp3) is 0.286. The maximum atomic E-state index is 5.80. The van der Waals surface area contributed by atoms with Crippen molar-refractivity contribution in [2.75, 3.05) is 5.43 Å². The molecule has 0 aliphatic heterocycles. The van der Waals surface area contributed by atoms with Gasteiger partial charge < -0.3 is 10.2 Å².